The van der Waals surface area contributed by atoms with Gasteiger partial charge < -0.3 is 19.5 Å². The molecule has 1 heterocycles. The van der Waals surface area contributed by atoms with Gasteiger partial charge in [-0.2, -0.15) is 0 Å². The second-order valence-electron chi connectivity index (χ2n) is 6.96. The SMILES string of the molecule is COc1cc(/C=C2\N=C(c3ccccc3)OC2=O)ccc1OCC(=O)Nc1cccc(Cl)c1. The van der Waals surface area contributed by atoms with Crippen LogP contribution in [0.2, 0.25) is 5.02 Å². The van der Waals surface area contributed by atoms with Crippen LogP contribution in [0.25, 0.3) is 6.08 Å². The molecule has 33 heavy (non-hydrogen) atoms. The second-order valence-corrected chi connectivity index (χ2v) is 7.40. The summed E-state index contributed by atoms with van der Waals surface area (Å²) in [6.45, 7) is -0.222. The standard InChI is InChI=1S/C25H19ClN2O5/c1-31-22-13-16(12-20-25(30)33-24(28-20)17-6-3-2-4-7-17)10-11-21(22)32-15-23(29)27-19-9-5-8-18(26)14-19/h2-14H,15H2,1H3,(H,27,29)/b20-12-. The summed E-state index contributed by atoms with van der Waals surface area (Å²) >= 11 is 5.92. The molecule has 0 radical (unpaired) electrons. The number of carbonyl (C=O) groups is 2. The number of methoxy groups -OCH3 is 1. The summed E-state index contributed by atoms with van der Waals surface area (Å²) in [6, 6.07) is 21.1. The molecule has 1 aliphatic rings. The molecule has 166 valence electrons. The summed E-state index contributed by atoms with van der Waals surface area (Å²) < 4.78 is 16.2. The maximum Gasteiger partial charge on any atom is 0.363 e. The van der Waals surface area contributed by atoms with Crippen molar-refractivity contribution in [1.29, 1.82) is 0 Å². The lowest BCUT2D eigenvalue weighted by Crippen LogP contribution is -2.20. The fourth-order valence-electron chi connectivity index (χ4n) is 3.07. The third-order valence-corrected chi connectivity index (χ3v) is 4.83. The van der Waals surface area contributed by atoms with E-state index in [1.54, 1.807) is 48.5 Å². The Hall–Kier alpha value is -4.10. The normalized spacial score (nSPS) is 13.9. The van der Waals surface area contributed by atoms with Crippen LogP contribution in [0.4, 0.5) is 5.69 Å². The van der Waals surface area contributed by atoms with Crippen LogP contribution in [-0.2, 0) is 14.3 Å². The van der Waals surface area contributed by atoms with Crippen molar-refractivity contribution < 1.29 is 23.8 Å². The molecule has 0 aliphatic carbocycles. The summed E-state index contributed by atoms with van der Waals surface area (Å²) in [5, 5.41) is 3.23. The highest BCUT2D eigenvalue weighted by molar-refractivity contribution is 6.30. The lowest BCUT2D eigenvalue weighted by Gasteiger charge is -2.11. The number of cyclic esters (lactones) is 1. The van der Waals surface area contributed by atoms with Crippen LogP contribution in [0, 0.1) is 0 Å². The number of halogens is 1. The molecule has 1 aliphatic heterocycles. The maximum atomic E-state index is 12.2. The molecule has 0 spiro atoms. The molecule has 0 fully saturated rings. The minimum Gasteiger partial charge on any atom is -0.493 e. The molecule has 3 aromatic carbocycles. The number of nitrogens with one attached hydrogen (secondary N) is 1. The molecule has 4 rings (SSSR count). The van der Waals surface area contributed by atoms with Crippen molar-refractivity contribution in [3.8, 4) is 11.5 Å². The molecular formula is C25H19ClN2O5. The predicted octanol–water partition coefficient (Wildman–Crippen LogP) is 4.71. The minimum absolute atomic E-state index is 0.172. The first kappa shape index (κ1) is 22.1. The van der Waals surface area contributed by atoms with Crippen molar-refractivity contribution in [1.82, 2.24) is 0 Å². The van der Waals surface area contributed by atoms with E-state index in [2.05, 4.69) is 10.3 Å². The summed E-state index contributed by atoms with van der Waals surface area (Å²) in [4.78, 5) is 28.7. The van der Waals surface area contributed by atoms with Crippen LogP contribution in [-0.4, -0.2) is 31.5 Å². The van der Waals surface area contributed by atoms with E-state index >= 15 is 0 Å². The number of hydrogen-bond acceptors (Lipinski definition) is 6. The Kier molecular flexibility index (Phi) is 6.71. The van der Waals surface area contributed by atoms with Crippen molar-refractivity contribution in [2.45, 2.75) is 0 Å². The smallest absolute Gasteiger partial charge is 0.363 e. The van der Waals surface area contributed by atoms with E-state index in [1.807, 2.05) is 30.3 Å². The first-order valence-electron chi connectivity index (χ1n) is 9.96. The van der Waals surface area contributed by atoms with E-state index in [-0.39, 0.29) is 24.1 Å². The van der Waals surface area contributed by atoms with Crippen LogP contribution >= 0.6 is 11.6 Å². The first-order valence-corrected chi connectivity index (χ1v) is 10.3. The third-order valence-electron chi connectivity index (χ3n) is 4.60. The van der Waals surface area contributed by atoms with Crippen LogP contribution in [0.15, 0.2) is 83.5 Å². The van der Waals surface area contributed by atoms with Crippen LogP contribution < -0.4 is 14.8 Å². The Bertz CT molecular complexity index is 1250. The highest BCUT2D eigenvalue weighted by Gasteiger charge is 2.24. The van der Waals surface area contributed by atoms with Gasteiger partial charge in [0.1, 0.15) is 0 Å². The molecule has 0 bridgehead atoms. The molecular weight excluding hydrogens is 444 g/mol. The highest BCUT2D eigenvalue weighted by atomic mass is 35.5. The molecule has 1 amide bonds. The third kappa shape index (κ3) is 5.58. The minimum atomic E-state index is -0.536. The molecule has 1 N–H and O–H groups in total. The van der Waals surface area contributed by atoms with E-state index in [4.69, 9.17) is 25.8 Å². The van der Waals surface area contributed by atoms with E-state index < -0.39 is 5.97 Å². The largest absolute Gasteiger partial charge is 0.493 e. The monoisotopic (exact) mass is 462 g/mol. The number of ether oxygens (including phenoxy) is 3. The van der Waals surface area contributed by atoms with Crippen molar-refractivity contribution in [2.24, 2.45) is 4.99 Å². The van der Waals surface area contributed by atoms with Gasteiger partial charge in [0.15, 0.2) is 23.8 Å². The summed E-state index contributed by atoms with van der Waals surface area (Å²) in [5.41, 5.74) is 2.12. The second kappa shape index (κ2) is 10.0. The molecule has 7 nitrogen and oxygen atoms in total. The lowest BCUT2D eigenvalue weighted by atomic mass is 10.1. The number of anilines is 1. The fourth-order valence-corrected chi connectivity index (χ4v) is 3.26. The van der Waals surface area contributed by atoms with Crippen LogP contribution in [0.5, 0.6) is 11.5 Å². The van der Waals surface area contributed by atoms with Crippen molar-refractivity contribution in [2.75, 3.05) is 19.0 Å². The zero-order chi connectivity index (χ0) is 23.2. The number of aliphatic imine (C=N–C) groups is 1. The average molecular weight is 463 g/mol. The van der Waals surface area contributed by atoms with Gasteiger partial charge in [-0.25, -0.2) is 9.79 Å². The van der Waals surface area contributed by atoms with Crippen LogP contribution in [0.1, 0.15) is 11.1 Å². The predicted molar refractivity (Wildman–Crippen MR) is 126 cm³/mol. The number of esters is 1. The summed E-state index contributed by atoms with van der Waals surface area (Å²) in [6.07, 6.45) is 1.59. The van der Waals surface area contributed by atoms with Gasteiger partial charge in [0, 0.05) is 16.3 Å². The average Bonchev–Trinajstić information content (AvgIpc) is 3.18. The van der Waals surface area contributed by atoms with E-state index in [9.17, 15) is 9.59 Å². The Balaban J connectivity index is 1.45. The molecule has 0 saturated heterocycles. The molecule has 8 heteroatoms. The number of hydrogen-bond donors (Lipinski definition) is 1. The zero-order valence-corrected chi connectivity index (χ0v) is 18.3. The fraction of sp³-hybridized carbons (Fsp3) is 0.0800. The van der Waals surface area contributed by atoms with Crippen molar-refractivity contribution in [3.05, 3.63) is 94.6 Å². The van der Waals surface area contributed by atoms with Gasteiger partial charge in [0.25, 0.3) is 5.91 Å². The quantitative estimate of drug-likeness (QED) is 0.406. The Morgan fingerprint density at radius 3 is 2.64 bits per heavy atom. The van der Waals surface area contributed by atoms with E-state index in [0.29, 0.717) is 33.3 Å². The Morgan fingerprint density at radius 1 is 1.06 bits per heavy atom. The Morgan fingerprint density at radius 2 is 1.88 bits per heavy atom. The van der Waals surface area contributed by atoms with Crippen molar-refractivity contribution in [3.63, 3.8) is 0 Å². The maximum absolute atomic E-state index is 12.2. The lowest BCUT2D eigenvalue weighted by molar-refractivity contribution is -0.130. The van der Waals surface area contributed by atoms with Crippen LogP contribution in [0.3, 0.4) is 0 Å². The molecule has 0 aromatic heterocycles. The first-order chi connectivity index (χ1) is 16.0. The topological polar surface area (TPSA) is 86.2 Å². The van der Waals surface area contributed by atoms with Gasteiger partial charge in [-0.15, -0.1) is 0 Å². The Labute approximate surface area is 195 Å². The van der Waals surface area contributed by atoms with Gasteiger partial charge >= 0.3 is 5.97 Å². The molecule has 0 atom stereocenters. The number of nitrogens with zero attached hydrogens (tertiary/aromatic N) is 1. The van der Waals surface area contributed by atoms with Gasteiger partial charge in [0.2, 0.25) is 5.90 Å². The van der Waals surface area contributed by atoms with E-state index in [0.717, 1.165) is 0 Å². The number of benzene rings is 3. The molecule has 0 saturated carbocycles. The van der Waals surface area contributed by atoms with Gasteiger partial charge in [-0.05, 0) is 54.1 Å². The highest BCUT2D eigenvalue weighted by Crippen LogP contribution is 2.30. The van der Waals surface area contributed by atoms with Gasteiger partial charge in [-0.3, -0.25) is 4.79 Å². The molecule has 3 aromatic rings. The molecule has 0 unspecified atom stereocenters. The van der Waals surface area contributed by atoms with Gasteiger partial charge in [0.05, 0.1) is 7.11 Å². The summed E-state index contributed by atoms with van der Waals surface area (Å²) in [7, 11) is 1.49. The number of amides is 1. The number of rotatable bonds is 7. The summed E-state index contributed by atoms with van der Waals surface area (Å²) in [5.74, 6) is 0.152. The number of carbonyl (C=O) groups excluding carboxylic acids is 2. The zero-order valence-electron chi connectivity index (χ0n) is 17.6. The van der Waals surface area contributed by atoms with Crippen molar-refractivity contribution >= 4 is 41.1 Å². The van der Waals surface area contributed by atoms with E-state index in [1.165, 1.54) is 7.11 Å². The van der Waals surface area contributed by atoms with Gasteiger partial charge in [-0.1, -0.05) is 41.9 Å².